The zero-order chi connectivity index (χ0) is 14.7. The third-order valence-electron chi connectivity index (χ3n) is 5.19. The SMILES string of the molecule is CCC1CN2CCCCC2CN1Cc1ccccc1OC. The summed E-state index contributed by atoms with van der Waals surface area (Å²) in [6.07, 6.45) is 5.40. The van der Waals surface area contributed by atoms with Crippen LogP contribution in [0, 0.1) is 0 Å². The Kier molecular flexibility index (Phi) is 4.81. The van der Waals surface area contributed by atoms with Crippen LogP contribution in [0.1, 0.15) is 38.2 Å². The van der Waals surface area contributed by atoms with Crippen molar-refractivity contribution in [2.75, 3.05) is 26.7 Å². The predicted octanol–water partition coefficient (Wildman–Crippen LogP) is 3.14. The van der Waals surface area contributed by atoms with Gasteiger partial charge < -0.3 is 4.74 Å². The average molecular weight is 288 g/mol. The third kappa shape index (κ3) is 3.24. The first-order valence-corrected chi connectivity index (χ1v) is 8.41. The van der Waals surface area contributed by atoms with Gasteiger partial charge >= 0.3 is 0 Å². The van der Waals surface area contributed by atoms with Gasteiger partial charge in [0.05, 0.1) is 7.11 Å². The molecule has 2 saturated heterocycles. The second-order valence-corrected chi connectivity index (χ2v) is 6.45. The topological polar surface area (TPSA) is 15.7 Å². The monoisotopic (exact) mass is 288 g/mol. The van der Waals surface area contributed by atoms with E-state index < -0.39 is 0 Å². The van der Waals surface area contributed by atoms with E-state index in [0.717, 1.165) is 18.3 Å². The van der Waals surface area contributed by atoms with E-state index in [1.807, 2.05) is 0 Å². The first-order chi connectivity index (χ1) is 10.3. The first kappa shape index (κ1) is 14.9. The Morgan fingerprint density at radius 2 is 2.05 bits per heavy atom. The van der Waals surface area contributed by atoms with Crippen LogP contribution in [0.5, 0.6) is 5.75 Å². The van der Waals surface area contributed by atoms with E-state index in [-0.39, 0.29) is 0 Å². The zero-order valence-corrected chi connectivity index (χ0v) is 13.4. The van der Waals surface area contributed by atoms with Crippen LogP contribution in [-0.4, -0.2) is 48.6 Å². The molecular formula is C18H28N2O. The van der Waals surface area contributed by atoms with Crippen LogP contribution in [0.15, 0.2) is 24.3 Å². The number of hydrogen-bond donors (Lipinski definition) is 0. The van der Waals surface area contributed by atoms with E-state index in [4.69, 9.17) is 4.74 Å². The molecule has 3 rings (SSSR count). The molecule has 21 heavy (non-hydrogen) atoms. The van der Waals surface area contributed by atoms with Gasteiger partial charge in [0.15, 0.2) is 0 Å². The van der Waals surface area contributed by atoms with Gasteiger partial charge in [-0.25, -0.2) is 0 Å². The molecule has 116 valence electrons. The molecule has 2 atom stereocenters. The van der Waals surface area contributed by atoms with Crippen LogP contribution in [0.25, 0.3) is 0 Å². The van der Waals surface area contributed by atoms with Crippen molar-refractivity contribution in [3.8, 4) is 5.75 Å². The molecule has 2 fully saturated rings. The number of hydrogen-bond acceptors (Lipinski definition) is 3. The molecule has 0 aliphatic carbocycles. The van der Waals surface area contributed by atoms with Crippen molar-refractivity contribution >= 4 is 0 Å². The fourth-order valence-electron chi connectivity index (χ4n) is 3.95. The van der Waals surface area contributed by atoms with Gasteiger partial charge in [-0.15, -0.1) is 0 Å². The number of ether oxygens (including phenoxy) is 1. The van der Waals surface area contributed by atoms with Crippen molar-refractivity contribution < 1.29 is 4.74 Å². The molecule has 0 N–H and O–H groups in total. The van der Waals surface area contributed by atoms with Crippen molar-refractivity contribution in [2.24, 2.45) is 0 Å². The van der Waals surface area contributed by atoms with Crippen molar-refractivity contribution in [3.63, 3.8) is 0 Å². The highest BCUT2D eigenvalue weighted by Crippen LogP contribution is 2.28. The highest BCUT2D eigenvalue weighted by Gasteiger charge is 2.34. The number of fused-ring (bicyclic) bond motifs is 1. The van der Waals surface area contributed by atoms with Crippen LogP contribution in [0.2, 0.25) is 0 Å². The summed E-state index contributed by atoms with van der Waals surface area (Å²) in [4.78, 5) is 5.42. The summed E-state index contributed by atoms with van der Waals surface area (Å²) in [7, 11) is 1.77. The Morgan fingerprint density at radius 3 is 2.86 bits per heavy atom. The highest BCUT2D eigenvalue weighted by atomic mass is 16.5. The van der Waals surface area contributed by atoms with Crippen LogP contribution in [0.3, 0.4) is 0 Å². The van der Waals surface area contributed by atoms with Crippen molar-refractivity contribution in [2.45, 2.75) is 51.2 Å². The average Bonchev–Trinajstić information content (AvgIpc) is 2.54. The molecule has 2 unspecified atom stereocenters. The maximum absolute atomic E-state index is 5.53. The lowest BCUT2D eigenvalue weighted by Crippen LogP contribution is -2.58. The minimum Gasteiger partial charge on any atom is -0.496 e. The second-order valence-electron chi connectivity index (χ2n) is 6.45. The minimum atomic E-state index is 0.685. The Balaban J connectivity index is 1.73. The van der Waals surface area contributed by atoms with E-state index >= 15 is 0 Å². The number of rotatable bonds is 4. The fraction of sp³-hybridized carbons (Fsp3) is 0.667. The standard InChI is InChI=1S/C18H28N2O/c1-3-16-13-19-11-7-6-9-17(19)14-20(16)12-15-8-4-5-10-18(15)21-2/h4-5,8,10,16-17H,3,6-7,9,11-14H2,1-2H3. The van der Waals surface area contributed by atoms with Gasteiger partial charge in [-0.05, 0) is 31.9 Å². The van der Waals surface area contributed by atoms with Gasteiger partial charge in [0, 0.05) is 37.3 Å². The number of methoxy groups -OCH3 is 1. The lowest BCUT2D eigenvalue weighted by molar-refractivity contribution is 0.00298. The Hall–Kier alpha value is -1.06. The number of benzene rings is 1. The molecule has 0 saturated carbocycles. The summed E-state index contributed by atoms with van der Waals surface area (Å²) in [5.74, 6) is 1.03. The van der Waals surface area contributed by atoms with E-state index in [1.165, 1.54) is 50.9 Å². The van der Waals surface area contributed by atoms with Crippen LogP contribution in [0.4, 0.5) is 0 Å². The molecule has 2 aliphatic rings. The van der Waals surface area contributed by atoms with Crippen molar-refractivity contribution in [3.05, 3.63) is 29.8 Å². The van der Waals surface area contributed by atoms with E-state index in [2.05, 4.69) is 41.0 Å². The zero-order valence-electron chi connectivity index (χ0n) is 13.4. The van der Waals surface area contributed by atoms with Crippen LogP contribution in [-0.2, 0) is 6.54 Å². The van der Waals surface area contributed by atoms with Gasteiger partial charge in [-0.1, -0.05) is 31.5 Å². The minimum absolute atomic E-state index is 0.685. The molecule has 0 radical (unpaired) electrons. The summed E-state index contributed by atoms with van der Waals surface area (Å²) in [6, 6.07) is 9.92. The lowest BCUT2D eigenvalue weighted by atomic mass is 9.95. The first-order valence-electron chi connectivity index (χ1n) is 8.41. The molecule has 1 aromatic rings. The quantitative estimate of drug-likeness (QED) is 0.846. The largest absolute Gasteiger partial charge is 0.496 e. The lowest BCUT2D eigenvalue weighted by Gasteiger charge is -2.48. The summed E-state index contributed by atoms with van der Waals surface area (Å²) >= 11 is 0. The summed E-state index contributed by atoms with van der Waals surface area (Å²) in [6.45, 7) is 7.12. The Morgan fingerprint density at radius 1 is 1.19 bits per heavy atom. The Bertz CT molecular complexity index is 462. The van der Waals surface area contributed by atoms with Crippen molar-refractivity contribution in [1.29, 1.82) is 0 Å². The highest BCUT2D eigenvalue weighted by molar-refractivity contribution is 5.33. The van der Waals surface area contributed by atoms with E-state index in [0.29, 0.717) is 6.04 Å². The molecule has 2 heterocycles. The summed E-state index contributed by atoms with van der Waals surface area (Å²) in [5.41, 5.74) is 1.32. The van der Waals surface area contributed by atoms with E-state index in [1.54, 1.807) is 7.11 Å². The van der Waals surface area contributed by atoms with E-state index in [9.17, 15) is 0 Å². The maximum Gasteiger partial charge on any atom is 0.123 e. The number of nitrogens with zero attached hydrogens (tertiary/aromatic N) is 2. The van der Waals surface area contributed by atoms with Gasteiger partial charge in [-0.2, -0.15) is 0 Å². The summed E-state index contributed by atoms with van der Waals surface area (Å²) in [5, 5.41) is 0. The number of piperazine rings is 1. The maximum atomic E-state index is 5.53. The summed E-state index contributed by atoms with van der Waals surface area (Å²) < 4.78 is 5.53. The molecule has 0 amide bonds. The van der Waals surface area contributed by atoms with Crippen molar-refractivity contribution in [1.82, 2.24) is 9.80 Å². The van der Waals surface area contributed by atoms with Gasteiger partial charge in [0.1, 0.15) is 5.75 Å². The second kappa shape index (κ2) is 6.80. The molecular weight excluding hydrogens is 260 g/mol. The van der Waals surface area contributed by atoms with Gasteiger partial charge in [-0.3, -0.25) is 9.80 Å². The molecule has 0 aromatic heterocycles. The molecule has 3 heteroatoms. The predicted molar refractivity (Wildman–Crippen MR) is 86.7 cm³/mol. The normalized spacial score (nSPS) is 27.3. The number of piperidine rings is 1. The molecule has 1 aromatic carbocycles. The molecule has 0 bridgehead atoms. The fourth-order valence-corrected chi connectivity index (χ4v) is 3.95. The molecule has 2 aliphatic heterocycles. The van der Waals surface area contributed by atoms with Crippen LogP contribution >= 0.6 is 0 Å². The van der Waals surface area contributed by atoms with Crippen LogP contribution < -0.4 is 4.74 Å². The van der Waals surface area contributed by atoms with Gasteiger partial charge in [0.25, 0.3) is 0 Å². The molecule has 3 nitrogen and oxygen atoms in total. The Labute approximate surface area is 128 Å². The smallest absolute Gasteiger partial charge is 0.123 e. The molecule has 0 spiro atoms. The van der Waals surface area contributed by atoms with Gasteiger partial charge in [0.2, 0.25) is 0 Å². The number of para-hydroxylation sites is 1. The third-order valence-corrected chi connectivity index (χ3v) is 5.19.